The summed E-state index contributed by atoms with van der Waals surface area (Å²) in [6.45, 7) is 4.16. The van der Waals surface area contributed by atoms with Crippen LogP contribution in [0, 0.1) is 0 Å². The predicted molar refractivity (Wildman–Crippen MR) is 71.4 cm³/mol. The van der Waals surface area contributed by atoms with Crippen LogP contribution in [0.25, 0.3) is 5.73 Å². The lowest BCUT2D eigenvalue weighted by Crippen LogP contribution is -2.17. The van der Waals surface area contributed by atoms with Crippen LogP contribution in [0.4, 0.5) is 0 Å². The summed E-state index contributed by atoms with van der Waals surface area (Å²) >= 11 is 0. The number of hydrogen-bond donors (Lipinski definition) is 0. The molecule has 0 amide bonds. The second-order valence-corrected chi connectivity index (χ2v) is 4.67. The average molecular weight is 251 g/mol. The monoisotopic (exact) mass is 251 g/mol. The first-order chi connectivity index (χ1) is 8.69. The number of aromatic nitrogens is 3. The van der Waals surface area contributed by atoms with Crippen molar-refractivity contribution >= 4 is 5.78 Å². The van der Waals surface area contributed by atoms with Gasteiger partial charge in [0, 0.05) is 6.20 Å². The minimum Gasteiger partial charge on any atom is -0.677 e. The largest absolute Gasteiger partial charge is 0.677 e. The highest BCUT2D eigenvalue weighted by molar-refractivity contribution is 5.79. The van der Waals surface area contributed by atoms with E-state index in [0.29, 0.717) is 6.54 Å². The molecule has 18 heavy (non-hydrogen) atoms. The Kier molecular flexibility index (Phi) is 6.57. The summed E-state index contributed by atoms with van der Waals surface area (Å²) in [4.78, 5) is 11.6. The molecule has 0 radical (unpaired) electrons. The standard InChI is InChI=1S/C13H23N4O/c1-3-4-7-12-10-17(16-15-12)13(11(2)18)8-5-6-9-14/h10,13-14H,3-9H2,1-2H3/q-1. The van der Waals surface area contributed by atoms with Crippen LogP contribution in [-0.2, 0) is 11.2 Å². The maximum atomic E-state index is 11.6. The first-order valence-corrected chi connectivity index (χ1v) is 6.74. The smallest absolute Gasteiger partial charge is 0.154 e. The van der Waals surface area contributed by atoms with Gasteiger partial charge >= 0.3 is 0 Å². The number of rotatable bonds is 9. The third kappa shape index (κ3) is 4.56. The molecule has 0 aliphatic heterocycles. The Balaban J connectivity index is 2.61. The second-order valence-electron chi connectivity index (χ2n) is 4.67. The molecule has 0 aliphatic carbocycles. The van der Waals surface area contributed by atoms with Crippen molar-refractivity contribution < 1.29 is 4.79 Å². The van der Waals surface area contributed by atoms with Gasteiger partial charge in [0.15, 0.2) is 5.78 Å². The highest BCUT2D eigenvalue weighted by Gasteiger charge is 2.17. The molecule has 5 nitrogen and oxygen atoms in total. The fourth-order valence-corrected chi connectivity index (χ4v) is 1.92. The quantitative estimate of drug-likeness (QED) is 0.633. The Labute approximate surface area is 109 Å². The van der Waals surface area contributed by atoms with E-state index in [1.807, 2.05) is 6.20 Å². The van der Waals surface area contributed by atoms with E-state index >= 15 is 0 Å². The number of ketones is 1. The van der Waals surface area contributed by atoms with Gasteiger partial charge in [0.25, 0.3) is 0 Å². The fraction of sp³-hybridized carbons (Fsp3) is 0.769. The van der Waals surface area contributed by atoms with Gasteiger partial charge in [0.2, 0.25) is 0 Å². The van der Waals surface area contributed by atoms with E-state index in [0.717, 1.165) is 44.2 Å². The molecule has 0 saturated heterocycles. The highest BCUT2D eigenvalue weighted by Crippen LogP contribution is 2.16. The van der Waals surface area contributed by atoms with Gasteiger partial charge in [-0.3, -0.25) is 4.79 Å². The number of carbonyl (C=O) groups is 1. The van der Waals surface area contributed by atoms with Gasteiger partial charge in [-0.1, -0.05) is 31.4 Å². The van der Waals surface area contributed by atoms with E-state index in [9.17, 15) is 4.79 Å². The summed E-state index contributed by atoms with van der Waals surface area (Å²) < 4.78 is 1.69. The summed E-state index contributed by atoms with van der Waals surface area (Å²) in [5.41, 5.74) is 8.08. The maximum absolute atomic E-state index is 11.6. The van der Waals surface area contributed by atoms with Gasteiger partial charge in [0.05, 0.1) is 5.69 Å². The van der Waals surface area contributed by atoms with Crippen molar-refractivity contribution in [3.63, 3.8) is 0 Å². The molecule has 1 N–H and O–H groups in total. The van der Waals surface area contributed by atoms with Crippen LogP contribution in [-0.4, -0.2) is 27.3 Å². The molecular weight excluding hydrogens is 228 g/mol. The zero-order chi connectivity index (χ0) is 13.4. The molecule has 0 fully saturated rings. The molecule has 1 rings (SSSR count). The van der Waals surface area contributed by atoms with Crippen molar-refractivity contribution in [3.8, 4) is 0 Å². The van der Waals surface area contributed by atoms with Crippen LogP contribution >= 0.6 is 0 Å². The number of hydrogen-bond acceptors (Lipinski definition) is 3. The van der Waals surface area contributed by atoms with E-state index < -0.39 is 0 Å². The van der Waals surface area contributed by atoms with E-state index in [1.165, 1.54) is 0 Å². The molecule has 0 saturated carbocycles. The average Bonchev–Trinajstić information content (AvgIpc) is 2.80. The van der Waals surface area contributed by atoms with Crippen LogP contribution in [0.5, 0.6) is 0 Å². The number of nitrogens with one attached hydrogen (secondary N) is 1. The molecule has 0 aliphatic rings. The lowest BCUT2D eigenvalue weighted by Gasteiger charge is -2.13. The molecule has 1 aromatic rings. The van der Waals surface area contributed by atoms with Crippen molar-refractivity contribution in [1.29, 1.82) is 0 Å². The number of unbranched alkanes of at least 4 members (excludes halogenated alkanes) is 2. The van der Waals surface area contributed by atoms with Crippen molar-refractivity contribution in [1.82, 2.24) is 15.0 Å². The first-order valence-electron chi connectivity index (χ1n) is 6.74. The van der Waals surface area contributed by atoms with Gasteiger partial charge in [-0.25, -0.2) is 4.68 Å². The lowest BCUT2D eigenvalue weighted by atomic mass is 10.1. The molecular formula is C13H23N4O-. The van der Waals surface area contributed by atoms with Gasteiger partial charge in [-0.05, 0) is 26.2 Å². The highest BCUT2D eigenvalue weighted by atomic mass is 16.1. The zero-order valence-electron chi connectivity index (χ0n) is 11.4. The lowest BCUT2D eigenvalue weighted by molar-refractivity contribution is -0.120. The number of carbonyl (C=O) groups excluding carboxylic acids is 1. The van der Waals surface area contributed by atoms with Crippen molar-refractivity contribution in [2.75, 3.05) is 6.54 Å². The van der Waals surface area contributed by atoms with Crippen molar-refractivity contribution in [2.24, 2.45) is 0 Å². The van der Waals surface area contributed by atoms with Crippen LogP contribution < -0.4 is 0 Å². The minimum absolute atomic E-state index is 0.118. The third-order valence-corrected chi connectivity index (χ3v) is 3.04. The molecule has 1 heterocycles. The van der Waals surface area contributed by atoms with Crippen molar-refractivity contribution in [3.05, 3.63) is 17.6 Å². The van der Waals surface area contributed by atoms with E-state index in [2.05, 4.69) is 17.2 Å². The summed E-state index contributed by atoms with van der Waals surface area (Å²) in [6, 6.07) is -0.209. The molecule has 0 aromatic carbocycles. The van der Waals surface area contributed by atoms with E-state index in [1.54, 1.807) is 11.6 Å². The normalized spacial score (nSPS) is 12.6. The predicted octanol–water partition coefficient (Wildman–Crippen LogP) is 2.97. The summed E-state index contributed by atoms with van der Waals surface area (Å²) in [5.74, 6) is 0.118. The molecule has 0 bridgehead atoms. The molecule has 1 aromatic heterocycles. The summed E-state index contributed by atoms with van der Waals surface area (Å²) in [7, 11) is 0. The number of nitrogens with zero attached hydrogens (tertiary/aromatic N) is 3. The maximum Gasteiger partial charge on any atom is 0.154 e. The molecule has 0 spiro atoms. The SMILES string of the molecule is CCCCc1cn(C(CCCC[NH-])C(C)=O)nn1. The van der Waals surface area contributed by atoms with Gasteiger partial charge < -0.3 is 5.73 Å². The second kappa shape index (κ2) is 7.97. The zero-order valence-corrected chi connectivity index (χ0v) is 11.4. The Morgan fingerprint density at radius 1 is 1.44 bits per heavy atom. The van der Waals surface area contributed by atoms with Crippen molar-refractivity contribution in [2.45, 2.75) is 58.4 Å². The van der Waals surface area contributed by atoms with E-state index in [4.69, 9.17) is 5.73 Å². The van der Waals surface area contributed by atoms with Crippen LogP contribution in [0.15, 0.2) is 6.20 Å². The minimum atomic E-state index is -0.209. The van der Waals surface area contributed by atoms with Crippen LogP contribution in [0.1, 0.15) is 57.7 Å². The topological polar surface area (TPSA) is 71.6 Å². The van der Waals surface area contributed by atoms with Gasteiger partial charge in [-0.2, -0.15) is 6.54 Å². The number of aryl methyl sites for hydroxylation is 1. The van der Waals surface area contributed by atoms with Crippen LogP contribution in [0.3, 0.4) is 0 Å². The Hall–Kier alpha value is -1.23. The number of Topliss-reactive ketones (excluding diaryl/α,β-unsaturated/α-hetero) is 1. The first kappa shape index (κ1) is 14.8. The molecule has 1 unspecified atom stereocenters. The Morgan fingerprint density at radius 3 is 2.83 bits per heavy atom. The Morgan fingerprint density at radius 2 is 2.22 bits per heavy atom. The Bertz CT molecular complexity index is 362. The van der Waals surface area contributed by atoms with Gasteiger partial charge in [-0.15, -0.1) is 5.10 Å². The molecule has 102 valence electrons. The fourth-order valence-electron chi connectivity index (χ4n) is 1.92. The summed E-state index contributed by atoms with van der Waals surface area (Å²) in [5, 5.41) is 8.18. The molecule has 5 heteroatoms. The molecule has 1 atom stereocenters. The van der Waals surface area contributed by atoms with E-state index in [-0.39, 0.29) is 11.8 Å². The van der Waals surface area contributed by atoms with Gasteiger partial charge in [0.1, 0.15) is 6.04 Å². The summed E-state index contributed by atoms with van der Waals surface area (Å²) in [6.07, 6.45) is 7.52. The van der Waals surface area contributed by atoms with Crippen LogP contribution in [0.2, 0.25) is 0 Å². The third-order valence-electron chi connectivity index (χ3n) is 3.04.